The average molecular weight is 229 g/mol. The largest absolute Gasteiger partial charge is 0.345 e. The van der Waals surface area contributed by atoms with Crippen LogP contribution in [0.5, 0.6) is 0 Å². The first-order chi connectivity index (χ1) is 7.09. The third-order valence-corrected chi connectivity index (χ3v) is 2.64. The van der Waals surface area contributed by atoms with Crippen molar-refractivity contribution >= 4 is 0 Å². The van der Waals surface area contributed by atoms with Gasteiger partial charge in [-0.15, -0.1) is 0 Å². The van der Waals surface area contributed by atoms with Crippen LogP contribution in [0.25, 0.3) is 0 Å². The quantitative estimate of drug-likeness (QED) is 0.742. The summed E-state index contributed by atoms with van der Waals surface area (Å²) < 4.78 is 11.9. The molecule has 2 atom stereocenters. The molecule has 0 spiro atoms. The molecule has 0 amide bonds. The van der Waals surface area contributed by atoms with E-state index in [9.17, 15) is 0 Å². The normalized spacial score (nSPS) is 30.0. The summed E-state index contributed by atoms with van der Waals surface area (Å²) >= 11 is 0. The summed E-state index contributed by atoms with van der Waals surface area (Å²) in [6, 6.07) is 0. The Balaban J connectivity index is 2.65. The highest BCUT2D eigenvalue weighted by Gasteiger charge is 2.42. The van der Waals surface area contributed by atoms with E-state index >= 15 is 0 Å². The van der Waals surface area contributed by atoms with Gasteiger partial charge in [-0.3, -0.25) is 0 Å². The molecule has 0 aromatic rings. The molecule has 1 fully saturated rings. The molecule has 0 aliphatic carbocycles. The van der Waals surface area contributed by atoms with Gasteiger partial charge in [0.2, 0.25) is 0 Å². The van der Waals surface area contributed by atoms with Crippen molar-refractivity contribution in [3.8, 4) is 0 Å². The van der Waals surface area contributed by atoms with Crippen LogP contribution in [0, 0.1) is 5.41 Å². The van der Waals surface area contributed by atoms with Gasteiger partial charge < -0.3 is 14.4 Å². The van der Waals surface area contributed by atoms with Crippen molar-refractivity contribution in [2.45, 2.75) is 59.0 Å². The molecule has 1 rings (SSSR count). The highest BCUT2D eigenvalue weighted by molar-refractivity contribution is 4.85. The number of rotatable bonds is 3. The van der Waals surface area contributed by atoms with Crippen LogP contribution in [0.15, 0.2) is 0 Å². The fourth-order valence-electron chi connectivity index (χ4n) is 2.20. The first-order valence-corrected chi connectivity index (χ1v) is 6.09. The van der Waals surface area contributed by atoms with Gasteiger partial charge in [-0.1, -0.05) is 20.8 Å². The van der Waals surface area contributed by atoms with Gasteiger partial charge >= 0.3 is 0 Å². The summed E-state index contributed by atoms with van der Waals surface area (Å²) in [6.07, 6.45) is 1.43. The third-order valence-electron chi connectivity index (χ3n) is 2.64. The molecule has 0 saturated carbocycles. The van der Waals surface area contributed by atoms with Crippen LogP contribution < -0.4 is 0 Å². The Kier molecular flexibility index (Phi) is 4.04. The highest BCUT2D eigenvalue weighted by Crippen LogP contribution is 2.35. The molecule has 0 aromatic carbocycles. The molecule has 16 heavy (non-hydrogen) atoms. The van der Waals surface area contributed by atoms with Crippen molar-refractivity contribution in [2.75, 3.05) is 20.6 Å². The van der Waals surface area contributed by atoms with Crippen molar-refractivity contribution < 1.29 is 9.47 Å². The van der Waals surface area contributed by atoms with Gasteiger partial charge in [-0.05, 0) is 39.8 Å². The molecule has 96 valence electrons. The predicted octanol–water partition coefficient (Wildman–Crippen LogP) is 2.50. The molecule has 3 nitrogen and oxygen atoms in total. The second-order valence-electron chi connectivity index (χ2n) is 6.74. The van der Waals surface area contributed by atoms with Crippen LogP contribution in [0.2, 0.25) is 0 Å². The van der Waals surface area contributed by atoms with E-state index in [1.54, 1.807) is 0 Å². The number of likely N-dealkylation sites (N-methyl/N-ethyl adjacent to an activating group) is 1. The summed E-state index contributed by atoms with van der Waals surface area (Å²) in [5, 5.41) is 0. The van der Waals surface area contributed by atoms with Gasteiger partial charge in [-0.25, -0.2) is 0 Å². The Morgan fingerprint density at radius 2 is 1.56 bits per heavy atom. The van der Waals surface area contributed by atoms with Crippen molar-refractivity contribution in [3.05, 3.63) is 0 Å². The fraction of sp³-hybridized carbons (Fsp3) is 1.00. The average Bonchev–Trinajstić information content (AvgIpc) is 2.20. The molecule has 0 N–H and O–H groups in total. The standard InChI is InChI=1S/C13H27NO2/c1-12(2,3)8-10-11(9-14(6)7)16-13(4,5)15-10/h10-11H,8-9H2,1-7H3. The van der Waals surface area contributed by atoms with Gasteiger partial charge in [-0.2, -0.15) is 0 Å². The third kappa shape index (κ3) is 4.40. The minimum absolute atomic E-state index is 0.184. The van der Waals surface area contributed by atoms with Crippen LogP contribution in [0.1, 0.15) is 41.0 Å². The van der Waals surface area contributed by atoms with Crippen molar-refractivity contribution in [1.29, 1.82) is 0 Å². The maximum absolute atomic E-state index is 5.99. The first kappa shape index (κ1) is 13.9. The van der Waals surface area contributed by atoms with Crippen LogP contribution in [0.4, 0.5) is 0 Å². The van der Waals surface area contributed by atoms with E-state index in [-0.39, 0.29) is 17.6 Å². The summed E-state index contributed by atoms with van der Waals surface area (Å²) in [4.78, 5) is 2.16. The SMILES string of the molecule is CN(C)CC1OC(C)(C)OC1CC(C)(C)C. The van der Waals surface area contributed by atoms with E-state index < -0.39 is 5.79 Å². The van der Waals surface area contributed by atoms with E-state index in [1.807, 2.05) is 13.8 Å². The molecular formula is C13H27NO2. The second kappa shape index (κ2) is 4.63. The zero-order chi connectivity index (χ0) is 12.6. The summed E-state index contributed by atoms with van der Waals surface area (Å²) in [6.45, 7) is 11.7. The molecule has 0 bridgehead atoms. The lowest BCUT2D eigenvalue weighted by atomic mass is 9.87. The van der Waals surface area contributed by atoms with E-state index in [2.05, 4.69) is 39.8 Å². The lowest BCUT2D eigenvalue weighted by Crippen LogP contribution is -2.35. The van der Waals surface area contributed by atoms with E-state index in [0.717, 1.165) is 13.0 Å². The van der Waals surface area contributed by atoms with Gasteiger partial charge in [0.05, 0.1) is 12.2 Å². The van der Waals surface area contributed by atoms with Crippen LogP contribution in [-0.4, -0.2) is 43.5 Å². The topological polar surface area (TPSA) is 21.7 Å². The number of nitrogens with zero attached hydrogens (tertiary/aromatic N) is 1. The van der Waals surface area contributed by atoms with Crippen molar-refractivity contribution in [3.63, 3.8) is 0 Å². The lowest BCUT2D eigenvalue weighted by Gasteiger charge is -2.26. The monoisotopic (exact) mass is 229 g/mol. The van der Waals surface area contributed by atoms with E-state index in [4.69, 9.17) is 9.47 Å². The molecule has 2 unspecified atom stereocenters. The van der Waals surface area contributed by atoms with Gasteiger partial charge in [0.25, 0.3) is 0 Å². The smallest absolute Gasteiger partial charge is 0.163 e. The summed E-state index contributed by atoms with van der Waals surface area (Å²) in [5.41, 5.74) is 0.277. The Bertz CT molecular complexity index is 231. The molecule has 0 radical (unpaired) electrons. The Hall–Kier alpha value is -0.120. The molecule has 1 saturated heterocycles. The second-order valence-corrected chi connectivity index (χ2v) is 6.74. The molecule has 3 heteroatoms. The van der Waals surface area contributed by atoms with Gasteiger partial charge in [0.1, 0.15) is 0 Å². The maximum atomic E-state index is 5.99. The zero-order valence-electron chi connectivity index (χ0n) is 11.8. The number of hydrogen-bond donors (Lipinski definition) is 0. The van der Waals surface area contributed by atoms with Gasteiger partial charge in [0.15, 0.2) is 5.79 Å². The minimum Gasteiger partial charge on any atom is -0.345 e. The van der Waals surface area contributed by atoms with E-state index in [1.165, 1.54) is 0 Å². The van der Waals surface area contributed by atoms with Crippen LogP contribution in [-0.2, 0) is 9.47 Å². The lowest BCUT2D eigenvalue weighted by molar-refractivity contribution is -0.149. The van der Waals surface area contributed by atoms with Crippen molar-refractivity contribution in [1.82, 2.24) is 4.90 Å². The highest BCUT2D eigenvalue weighted by atomic mass is 16.8. The Morgan fingerprint density at radius 3 is 2.00 bits per heavy atom. The van der Waals surface area contributed by atoms with E-state index in [0.29, 0.717) is 0 Å². The Morgan fingerprint density at radius 1 is 1.06 bits per heavy atom. The van der Waals surface area contributed by atoms with Gasteiger partial charge in [0, 0.05) is 6.54 Å². The minimum atomic E-state index is -0.434. The maximum Gasteiger partial charge on any atom is 0.163 e. The molecule has 0 aromatic heterocycles. The molecular weight excluding hydrogens is 202 g/mol. The number of ether oxygens (including phenoxy) is 2. The van der Waals surface area contributed by atoms with Crippen molar-refractivity contribution in [2.24, 2.45) is 5.41 Å². The molecule has 1 aliphatic rings. The van der Waals surface area contributed by atoms with Crippen LogP contribution >= 0.6 is 0 Å². The number of hydrogen-bond acceptors (Lipinski definition) is 3. The molecule has 1 heterocycles. The summed E-state index contributed by atoms with van der Waals surface area (Å²) in [5.74, 6) is -0.434. The zero-order valence-corrected chi connectivity index (χ0v) is 11.8. The Labute approximate surface area is 100 Å². The van der Waals surface area contributed by atoms with Crippen LogP contribution in [0.3, 0.4) is 0 Å². The molecule has 1 aliphatic heterocycles. The first-order valence-electron chi connectivity index (χ1n) is 6.09. The predicted molar refractivity (Wildman–Crippen MR) is 66.5 cm³/mol. The fourth-order valence-corrected chi connectivity index (χ4v) is 2.20. The summed E-state index contributed by atoms with van der Waals surface area (Å²) in [7, 11) is 4.14.